The lowest BCUT2D eigenvalue weighted by Gasteiger charge is -2.30. The SMILES string of the molecule is COc1ccccc1N1C(=S)N[C@H](c2ccccn2)[C@H]1c1cccn1-c1ccc(Cl)cc1Cl. The number of pyridine rings is 1. The van der Waals surface area contributed by atoms with Gasteiger partial charge in [0.2, 0.25) is 0 Å². The molecule has 5 nitrogen and oxygen atoms in total. The number of thiocarbonyl (C=S) groups is 1. The second-order valence-electron chi connectivity index (χ2n) is 7.57. The highest BCUT2D eigenvalue weighted by Gasteiger charge is 2.43. The average molecular weight is 495 g/mol. The topological polar surface area (TPSA) is 42.3 Å². The van der Waals surface area contributed by atoms with Crippen LogP contribution >= 0.6 is 35.4 Å². The third-order valence-corrected chi connectivity index (χ3v) is 6.55. The maximum atomic E-state index is 6.59. The van der Waals surface area contributed by atoms with Crippen molar-refractivity contribution in [1.82, 2.24) is 14.9 Å². The van der Waals surface area contributed by atoms with Gasteiger partial charge in [0, 0.05) is 23.1 Å². The predicted octanol–water partition coefficient (Wildman–Crippen LogP) is 6.36. The Labute approximate surface area is 207 Å². The first-order valence-corrected chi connectivity index (χ1v) is 11.5. The number of methoxy groups -OCH3 is 1. The number of anilines is 1. The minimum Gasteiger partial charge on any atom is -0.495 e. The molecule has 8 heteroatoms. The van der Waals surface area contributed by atoms with Gasteiger partial charge in [-0.1, -0.05) is 41.4 Å². The van der Waals surface area contributed by atoms with E-state index in [1.165, 1.54) is 0 Å². The molecule has 33 heavy (non-hydrogen) atoms. The Bertz CT molecular complexity index is 1310. The average Bonchev–Trinajstić information content (AvgIpc) is 3.43. The van der Waals surface area contributed by atoms with Crippen molar-refractivity contribution in [3.05, 3.63) is 107 Å². The first-order chi connectivity index (χ1) is 16.1. The van der Waals surface area contributed by atoms with Crippen LogP contribution in [-0.4, -0.2) is 21.8 Å². The second kappa shape index (κ2) is 9.06. The van der Waals surface area contributed by atoms with Crippen LogP contribution in [0.2, 0.25) is 10.0 Å². The number of rotatable bonds is 5. The number of nitrogens with one attached hydrogen (secondary N) is 1. The van der Waals surface area contributed by atoms with E-state index in [1.54, 1.807) is 19.4 Å². The van der Waals surface area contributed by atoms with Crippen LogP contribution in [0.5, 0.6) is 5.75 Å². The third-order valence-electron chi connectivity index (χ3n) is 5.70. The van der Waals surface area contributed by atoms with E-state index in [2.05, 4.69) is 25.8 Å². The maximum Gasteiger partial charge on any atom is 0.174 e. The molecule has 0 bridgehead atoms. The highest BCUT2D eigenvalue weighted by Crippen LogP contribution is 2.45. The molecule has 0 radical (unpaired) electrons. The summed E-state index contributed by atoms with van der Waals surface area (Å²) in [4.78, 5) is 6.71. The zero-order valence-corrected chi connectivity index (χ0v) is 20.0. The molecule has 3 heterocycles. The monoisotopic (exact) mass is 494 g/mol. The van der Waals surface area contributed by atoms with Crippen molar-refractivity contribution in [1.29, 1.82) is 0 Å². The maximum absolute atomic E-state index is 6.59. The quantitative estimate of drug-likeness (QED) is 0.326. The van der Waals surface area contributed by atoms with Crippen LogP contribution in [-0.2, 0) is 0 Å². The summed E-state index contributed by atoms with van der Waals surface area (Å²) >= 11 is 18.6. The van der Waals surface area contributed by atoms with Crippen LogP contribution in [0.1, 0.15) is 23.5 Å². The van der Waals surface area contributed by atoms with Crippen molar-refractivity contribution < 1.29 is 4.74 Å². The van der Waals surface area contributed by atoms with Crippen molar-refractivity contribution in [2.75, 3.05) is 12.0 Å². The van der Waals surface area contributed by atoms with Gasteiger partial charge >= 0.3 is 0 Å². The predicted molar refractivity (Wildman–Crippen MR) is 137 cm³/mol. The molecule has 1 saturated heterocycles. The molecule has 1 fully saturated rings. The molecule has 1 N–H and O–H groups in total. The fraction of sp³-hybridized carbons (Fsp3) is 0.120. The van der Waals surface area contributed by atoms with Crippen LogP contribution in [0.25, 0.3) is 5.69 Å². The lowest BCUT2D eigenvalue weighted by molar-refractivity contribution is 0.414. The number of hydrogen-bond acceptors (Lipinski definition) is 3. The Morgan fingerprint density at radius 2 is 1.79 bits per heavy atom. The summed E-state index contributed by atoms with van der Waals surface area (Å²) in [6.45, 7) is 0. The molecule has 0 amide bonds. The Hall–Kier alpha value is -3.06. The highest BCUT2D eigenvalue weighted by molar-refractivity contribution is 7.80. The summed E-state index contributed by atoms with van der Waals surface area (Å²) in [5, 5.41) is 5.22. The summed E-state index contributed by atoms with van der Waals surface area (Å²) in [7, 11) is 1.66. The van der Waals surface area contributed by atoms with E-state index >= 15 is 0 Å². The first-order valence-electron chi connectivity index (χ1n) is 10.3. The van der Waals surface area contributed by atoms with E-state index in [-0.39, 0.29) is 12.1 Å². The molecule has 2 aromatic heterocycles. The van der Waals surface area contributed by atoms with Crippen LogP contribution in [0.15, 0.2) is 85.2 Å². The van der Waals surface area contributed by atoms with Gasteiger partial charge < -0.3 is 19.5 Å². The summed E-state index contributed by atoms with van der Waals surface area (Å²) < 4.78 is 7.74. The summed E-state index contributed by atoms with van der Waals surface area (Å²) in [5.74, 6) is 0.732. The van der Waals surface area contributed by atoms with Crippen molar-refractivity contribution in [3.63, 3.8) is 0 Å². The van der Waals surface area contributed by atoms with E-state index in [1.807, 2.05) is 66.9 Å². The zero-order valence-electron chi connectivity index (χ0n) is 17.7. The van der Waals surface area contributed by atoms with Gasteiger partial charge in [-0.25, -0.2) is 0 Å². The third kappa shape index (κ3) is 3.95. The number of ether oxygens (including phenoxy) is 1. The Morgan fingerprint density at radius 3 is 2.55 bits per heavy atom. The second-order valence-corrected chi connectivity index (χ2v) is 8.80. The molecule has 2 atom stereocenters. The minimum absolute atomic E-state index is 0.191. The Balaban J connectivity index is 1.70. The fourth-order valence-corrected chi connectivity index (χ4v) is 5.11. The van der Waals surface area contributed by atoms with E-state index in [4.69, 9.17) is 40.2 Å². The van der Waals surface area contributed by atoms with Gasteiger partial charge in [0.05, 0.1) is 35.2 Å². The van der Waals surface area contributed by atoms with Crippen LogP contribution in [0, 0.1) is 0 Å². The van der Waals surface area contributed by atoms with Crippen LogP contribution in [0.4, 0.5) is 5.69 Å². The van der Waals surface area contributed by atoms with Gasteiger partial charge in [-0.15, -0.1) is 0 Å². The molecular formula is C25H20Cl2N4OS. The van der Waals surface area contributed by atoms with Gasteiger partial charge in [-0.2, -0.15) is 0 Å². The zero-order chi connectivity index (χ0) is 22.9. The van der Waals surface area contributed by atoms with E-state index in [0.29, 0.717) is 15.2 Å². The smallest absolute Gasteiger partial charge is 0.174 e. The van der Waals surface area contributed by atoms with Crippen LogP contribution in [0.3, 0.4) is 0 Å². The van der Waals surface area contributed by atoms with Gasteiger partial charge in [-0.05, 0) is 66.8 Å². The number of halogens is 2. The van der Waals surface area contributed by atoms with Crippen molar-refractivity contribution >= 4 is 46.2 Å². The summed E-state index contributed by atoms with van der Waals surface area (Å²) in [6, 6.07) is 22.9. The lowest BCUT2D eigenvalue weighted by Crippen LogP contribution is -2.30. The largest absolute Gasteiger partial charge is 0.495 e. The molecule has 166 valence electrons. The van der Waals surface area contributed by atoms with E-state index < -0.39 is 0 Å². The molecule has 1 aliphatic heterocycles. The standard InChI is InChI=1S/C25H20Cl2N4OS/c1-32-22-10-3-2-8-20(22)31-24(23(29-25(31)33)18-7-4-5-13-28-18)21-9-6-14-30(21)19-12-11-16(26)15-17(19)27/h2-15,23-24H,1H3,(H,29,33)/t23-,24-/m1/s1. The normalized spacial score (nSPS) is 17.8. The van der Waals surface area contributed by atoms with Crippen molar-refractivity contribution in [2.45, 2.75) is 12.1 Å². The summed E-state index contributed by atoms with van der Waals surface area (Å²) in [5.41, 5.74) is 3.58. The van der Waals surface area contributed by atoms with Crippen molar-refractivity contribution in [2.24, 2.45) is 0 Å². The highest BCUT2D eigenvalue weighted by atomic mass is 35.5. The van der Waals surface area contributed by atoms with Gasteiger partial charge in [0.25, 0.3) is 0 Å². The van der Waals surface area contributed by atoms with E-state index in [0.717, 1.165) is 28.5 Å². The fourth-order valence-electron chi connectivity index (χ4n) is 4.27. The molecule has 5 rings (SSSR count). The molecule has 2 aromatic carbocycles. The van der Waals surface area contributed by atoms with Gasteiger partial charge in [0.1, 0.15) is 11.8 Å². The number of hydrogen-bond donors (Lipinski definition) is 1. The number of benzene rings is 2. The number of aromatic nitrogens is 2. The van der Waals surface area contributed by atoms with Crippen molar-refractivity contribution in [3.8, 4) is 11.4 Å². The minimum atomic E-state index is -0.217. The Kier molecular flexibility index (Phi) is 5.98. The first kappa shape index (κ1) is 21.8. The molecule has 4 aromatic rings. The van der Waals surface area contributed by atoms with E-state index in [9.17, 15) is 0 Å². The number of nitrogens with zero attached hydrogens (tertiary/aromatic N) is 3. The Morgan fingerprint density at radius 1 is 0.970 bits per heavy atom. The summed E-state index contributed by atoms with van der Waals surface area (Å²) in [6.07, 6.45) is 3.78. The molecule has 0 unspecified atom stereocenters. The molecule has 1 aliphatic rings. The number of para-hydroxylation sites is 2. The van der Waals surface area contributed by atoms with Crippen LogP contribution < -0.4 is 15.0 Å². The van der Waals surface area contributed by atoms with Gasteiger partial charge in [-0.3, -0.25) is 4.98 Å². The van der Waals surface area contributed by atoms with Gasteiger partial charge in [0.15, 0.2) is 5.11 Å². The lowest BCUT2D eigenvalue weighted by atomic mass is 10.0. The molecular weight excluding hydrogens is 475 g/mol. The molecule has 0 saturated carbocycles. The molecule has 0 aliphatic carbocycles. The molecule has 0 spiro atoms.